The van der Waals surface area contributed by atoms with E-state index >= 15 is 0 Å². The third kappa shape index (κ3) is 4.31. The molecule has 4 rings (SSSR count). The summed E-state index contributed by atoms with van der Waals surface area (Å²) in [5, 5.41) is 8.35. The molecule has 184 valence electrons. The van der Waals surface area contributed by atoms with Crippen LogP contribution in [-0.2, 0) is 15.1 Å². The van der Waals surface area contributed by atoms with Crippen molar-refractivity contribution >= 4 is 29.6 Å². The molecule has 0 saturated carbocycles. The van der Waals surface area contributed by atoms with Gasteiger partial charge in [-0.05, 0) is 55.0 Å². The fourth-order valence-corrected chi connectivity index (χ4v) is 4.95. The second-order valence-electron chi connectivity index (χ2n) is 9.58. The summed E-state index contributed by atoms with van der Waals surface area (Å²) in [6, 6.07) is 7.03. The highest BCUT2D eigenvalue weighted by Crippen LogP contribution is 2.33. The number of rotatable bonds is 6. The number of amides is 5. The van der Waals surface area contributed by atoms with E-state index in [4.69, 9.17) is 5.73 Å². The first-order chi connectivity index (χ1) is 16.5. The number of aromatic nitrogens is 1. The molecule has 2 unspecified atom stereocenters. The molecule has 5 amide bonds. The van der Waals surface area contributed by atoms with E-state index in [2.05, 4.69) is 20.9 Å². The normalized spacial score (nSPS) is 23.9. The average Bonchev–Trinajstić information content (AvgIpc) is 3.36. The maximum atomic E-state index is 13.4. The van der Waals surface area contributed by atoms with Crippen LogP contribution in [-0.4, -0.2) is 52.3 Å². The number of aryl methyl sites for hydroxylation is 2. The number of hydrogen-bond acceptors (Lipinski definition) is 6. The molecule has 0 spiro atoms. The van der Waals surface area contributed by atoms with Crippen molar-refractivity contribution in [3.63, 3.8) is 0 Å². The molecule has 0 aliphatic carbocycles. The minimum atomic E-state index is -1.21. The zero-order valence-corrected chi connectivity index (χ0v) is 20.2. The Labute approximate surface area is 203 Å². The lowest BCUT2D eigenvalue weighted by Crippen LogP contribution is -2.48. The third-order valence-corrected chi connectivity index (χ3v) is 6.80. The van der Waals surface area contributed by atoms with E-state index in [1.165, 1.54) is 4.90 Å². The Morgan fingerprint density at radius 2 is 1.89 bits per heavy atom. The first kappa shape index (κ1) is 24.2. The molecule has 1 aromatic heterocycles. The monoisotopic (exact) mass is 478 g/mol. The van der Waals surface area contributed by atoms with Gasteiger partial charge in [0.25, 0.3) is 11.8 Å². The first-order valence-electron chi connectivity index (χ1n) is 11.6. The van der Waals surface area contributed by atoms with Gasteiger partial charge in [0.15, 0.2) is 0 Å². The van der Waals surface area contributed by atoms with E-state index in [-0.39, 0.29) is 24.4 Å². The van der Waals surface area contributed by atoms with Crippen molar-refractivity contribution in [3.8, 4) is 0 Å². The molecule has 3 heterocycles. The summed E-state index contributed by atoms with van der Waals surface area (Å²) >= 11 is 0. The van der Waals surface area contributed by atoms with Gasteiger partial charge in [-0.25, -0.2) is 9.78 Å². The van der Waals surface area contributed by atoms with Gasteiger partial charge in [0.2, 0.25) is 5.91 Å². The number of benzene rings is 1. The predicted molar refractivity (Wildman–Crippen MR) is 129 cm³/mol. The SMILES string of the molecule is Cc1cnc(NC2CC(C(N)=O)N(C(=O)c3ccc([C@@]4(C(C)C)NC(=O)NC4=O)cc3)C2)c(C)c1. The van der Waals surface area contributed by atoms with Crippen molar-refractivity contribution in [1.82, 2.24) is 20.5 Å². The maximum Gasteiger partial charge on any atom is 0.322 e. The molecule has 5 N–H and O–H groups in total. The van der Waals surface area contributed by atoms with Crippen molar-refractivity contribution in [2.75, 3.05) is 11.9 Å². The topological polar surface area (TPSA) is 147 Å². The predicted octanol–water partition coefficient (Wildman–Crippen LogP) is 1.57. The molecule has 2 aliphatic rings. The molecule has 2 fully saturated rings. The maximum absolute atomic E-state index is 13.4. The summed E-state index contributed by atoms with van der Waals surface area (Å²) in [6.07, 6.45) is 2.13. The molecule has 2 aromatic rings. The fourth-order valence-electron chi connectivity index (χ4n) is 4.95. The lowest BCUT2D eigenvalue weighted by atomic mass is 9.79. The number of anilines is 1. The van der Waals surface area contributed by atoms with E-state index < -0.39 is 29.4 Å². The van der Waals surface area contributed by atoms with E-state index in [1.807, 2.05) is 33.8 Å². The third-order valence-electron chi connectivity index (χ3n) is 6.80. The van der Waals surface area contributed by atoms with E-state index in [1.54, 1.807) is 30.5 Å². The molecule has 3 atom stereocenters. The van der Waals surface area contributed by atoms with Gasteiger partial charge in [-0.2, -0.15) is 0 Å². The quantitative estimate of drug-likeness (QED) is 0.464. The highest BCUT2D eigenvalue weighted by atomic mass is 16.2. The highest BCUT2D eigenvalue weighted by molar-refractivity contribution is 6.07. The minimum absolute atomic E-state index is 0.189. The fraction of sp³-hybridized carbons (Fsp3) is 0.400. The van der Waals surface area contributed by atoms with Gasteiger partial charge in [0.05, 0.1) is 0 Å². The number of pyridine rings is 1. The van der Waals surface area contributed by atoms with Crippen LogP contribution in [0.2, 0.25) is 0 Å². The van der Waals surface area contributed by atoms with E-state index in [0.717, 1.165) is 11.1 Å². The molecular weight excluding hydrogens is 448 g/mol. The van der Waals surface area contributed by atoms with Crippen molar-refractivity contribution in [2.24, 2.45) is 11.7 Å². The Morgan fingerprint density at radius 1 is 1.20 bits per heavy atom. The number of nitrogens with one attached hydrogen (secondary N) is 3. The van der Waals surface area contributed by atoms with Crippen LogP contribution in [0.15, 0.2) is 36.5 Å². The van der Waals surface area contributed by atoms with Crippen molar-refractivity contribution in [1.29, 1.82) is 0 Å². The van der Waals surface area contributed by atoms with Gasteiger partial charge in [-0.15, -0.1) is 0 Å². The van der Waals surface area contributed by atoms with Crippen LogP contribution < -0.4 is 21.7 Å². The number of urea groups is 1. The smallest absolute Gasteiger partial charge is 0.322 e. The van der Waals surface area contributed by atoms with Crippen LogP contribution >= 0.6 is 0 Å². The number of primary amides is 1. The number of hydrogen-bond donors (Lipinski definition) is 4. The largest absolute Gasteiger partial charge is 0.368 e. The Bertz CT molecular complexity index is 1190. The van der Waals surface area contributed by atoms with E-state index in [9.17, 15) is 19.2 Å². The van der Waals surface area contributed by atoms with Crippen molar-refractivity contribution in [3.05, 3.63) is 58.8 Å². The van der Waals surface area contributed by atoms with Crippen LogP contribution in [0.4, 0.5) is 10.6 Å². The van der Waals surface area contributed by atoms with Crippen LogP contribution in [0.1, 0.15) is 47.3 Å². The first-order valence-corrected chi connectivity index (χ1v) is 11.6. The standard InChI is InChI=1S/C25H30N6O4/c1-13(2)25(23(34)29-24(35)30-25)17-7-5-16(6-8-17)22(33)31-12-18(10-19(31)20(26)32)28-21-15(4)9-14(3)11-27-21/h5-9,11,13,18-19H,10,12H2,1-4H3,(H2,26,32)(H,27,28)(H2,29,30,34,35)/t18?,19?,25-/m1/s1. The molecule has 10 nitrogen and oxygen atoms in total. The summed E-state index contributed by atoms with van der Waals surface area (Å²) in [7, 11) is 0. The molecule has 2 saturated heterocycles. The van der Waals surface area contributed by atoms with Gasteiger partial charge in [0.1, 0.15) is 17.4 Å². The number of likely N-dealkylation sites (tertiary alicyclic amines) is 1. The second-order valence-corrected chi connectivity index (χ2v) is 9.58. The Hall–Kier alpha value is -3.95. The Balaban J connectivity index is 1.55. The lowest BCUT2D eigenvalue weighted by Gasteiger charge is -2.31. The molecule has 2 aliphatic heterocycles. The number of imide groups is 1. The molecular formula is C25H30N6O4. The number of carbonyl (C=O) groups excluding carboxylic acids is 4. The summed E-state index contributed by atoms with van der Waals surface area (Å²) < 4.78 is 0. The van der Waals surface area contributed by atoms with Crippen LogP contribution in [0.25, 0.3) is 0 Å². The number of carbonyl (C=O) groups is 4. The van der Waals surface area contributed by atoms with Gasteiger partial charge < -0.3 is 21.3 Å². The molecule has 35 heavy (non-hydrogen) atoms. The number of nitrogens with zero attached hydrogens (tertiary/aromatic N) is 2. The second kappa shape index (κ2) is 9.01. The van der Waals surface area contributed by atoms with Gasteiger partial charge in [-0.1, -0.05) is 32.0 Å². The molecule has 10 heteroatoms. The molecule has 0 bridgehead atoms. The van der Waals surface area contributed by atoms with Crippen molar-refractivity contribution < 1.29 is 19.2 Å². The Kier molecular flexibility index (Phi) is 6.23. The van der Waals surface area contributed by atoms with Crippen LogP contribution in [0.5, 0.6) is 0 Å². The summed E-state index contributed by atoms with van der Waals surface area (Å²) in [6.45, 7) is 7.87. The average molecular weight is 479 g/mol. The molecule has 1 aromatic carbocycles. The number of nitrogens with two attached hydrogens (primary N) is 1. The zero-order chi connectivity index (χ0) is 25.5. The summed E-state index contributed by atoms with van der Waals surface area (Å²) in [5.74, 6) is -0.857. The van der Waals surface area contributed by atoms with Gasteiger partial charge >= 0.3 is 6.03 Å². The lowest BCUT2D eigenvalue weighted by molar-refractivity contribution is -0.126. The minimum Gasteiger partial charge on any atom is -0.368 e. The molecule has 0 radical (unpaired) electrons. The van der Waals surface area contributed by atoms with Gasteiger partial charge in [-0.3, -0.25) is 19.7 Å². The van der Waals surface area contributed by atoms with Crippen molar-refractivity contribution in [2.45, 2.75) is 51.7 Å². The highest BCUT2D eigenvalue weighted by Gasteiger charge is 2.50. The van der Waals surface area contributed by atoms with E-state index in [0.29, 0.717) is 23.4 Å². The zero-order valence-electron chi connectivity index (χ0n) is 20.2. The summed E-state index contributed by atoms with van der Waals surface area (Å²) in [4.78, 5) is 55.9. The summed E-state index contributed by atoms with van der Waals surface area (Å²) in [5.41, 5.74) is 7.37. The Morgan fingerprint density at radius 3 is 2.43 bits per heavy atom. The van der Waals surface area contributed by atoms with Gasteiger partial charge in [0, 0.05) is 24.3 Å². The van der Waals surface area contributed by atoms with Crippen LogP contribution in [0.3, 0.4) is 0 Å². The van der Waals surface area contributed by atoms with Crippen LogP contribution in [0, 0.1) is 19.8 Å².